The van der Waals surface area contributed by atoms with Crippen molar-refractivity contribution in [1.82, 2.24) is 5.32 Å². The summed E-state index contributed by atoms with van der Waals surface area (Å²) >= 11 is 8.20. The summed E-state index contributed by atoms with van der Waals surface area (Å²) in [4.78, 5) is 18.9. The molecular weight excluding hydrogens is 413 g/mol. The smallest absolute Gasteiger partial charge is 0.324 e. The maximum absolute atomic E-state index is 10.8. The highest BCUT2D eigenvalue weighted by Crippen LogP contribution is 2.34. The molecule has 3 N–H and O–H groups in total. The first-order valence-corrected chi connectivity index (χ1v) is 12.8. The predicted molar refractivity (Wildman–Crippen MR) is 119 cm³/mol. The molecule has 0 aliphatic rings. The van der Waals surface area contributed by atoms with E-state index in [0.717, 1.165) is 22.8 Å². The normalized spacial score (nSPS) is 11.7. The van der Waals surface area contributed by atoms with Crippen molar-refractivity contribution in [2.24, 2.45) is 0 Å². The average molecular weight is 442 g/mol. The molecule has 0 radical (unpaired) electrons. The fourth-order valence-corrected chi connectivity index (χ4v) is 4.67. The van der Waals surface area contributed by atoms with Crippen molar-refractivity contribution in [3.05, 3.63) is 64.7 Å². The topological polar surface area (TPSA) is 69.6 Å². The van der Waals surface area contributed by atoms with E-state index in [0.29, 0.717) is 19.5 Å². The highest BCUT2D eigenvalue weighted by Gasteiger charge is 2.11. The van der Waals surface area contributed by atoms with E-state index >= 15 is 0 Å². The molecule has 28 heavy (non-hydrogen) atoms. The number of halogens is 1. The van der Waals surface area contributed by atoms with E-state index < -0.39 is 7.60 Å². The van der Waals surface area contributed by atoms with E-state index in [-0.39, 0.29) is 6.16 Å². The lowest BCUT2D eigenvalue weighted by Gasteiger charge is -2.09. The first-order chi connectivity index (χ1) is 13.4. The van der Waals surface area contributed by atoms with E-state index in [1.165, 1.54) is 29.7 Å². The highest BCUT2D eigenvalue weighted by molar-refractivity contribution is 7.99. The standard InChI is InChI=1S/C21H29ClNO3PS/c22-21-16-20(12-11-19(21)17-23-13-7-14-27(24,25)26)28-15-6-2-5-10-18-8-3-1-4-9-18/h1,3-4,8-9,11-12,16,23H,2,5-7,10,13-15,17H2,(H2,24,25,26). The Morgan fingerprint density at radius 3 is 2.50 bits per heavy atom. The van der Waals surface area contributed by atoms with Crippen LogP contribution in [0.5, 0.6) is 0 Å². The number of nitrogens with one attached hydrogen (secondary N) is 1. The molecule has 0 amide bonds. The largest absolute Gasteiger partial charge is 0.325 e. The molecule has 4 nitrogen and oxygen atoms in total. The zero-order valence-electron chi connectivity index (χ0n) is 16.0. The number of rotatable bonds is 13. The summed E-state index contributed by atoms with van der Waals surface area (Å²) in [6.07, 6.45) is 5.14. The Hall–Kier alpha value is -0.810. The van der Waals surface area contributed by atoms with Crippen molar-refractivity contribution in [2.75, 3.05) is 18.5 Å². The first-order valence-electron chi connectivity index (χ1n) is 9.64. The van der Waals surface area contributed by atoms with Gasteiger partial charge in [-0.25, -0.2) is 0 Å². The SMILES string of the molecule is O=P(O)(O)CCCNCc1ccc(SCCCCCc2ccccc2)cc1Cl. The van der Waals surface area contributed by atoms with Crippen molar-refractivity contribution >= 4 is 31.0 Å². The molecule has 0 bridgehead atoms. The Bertz CT molecular complexity index is 755. The lowest BCUT2D eigenvalue weighted by molar-refractivity contribution is 0.371. The van der Waals surface area contributed by atoms with Gasteiger partial charge >= 0.3 is 7.60 Å². The molecule has 0 atom stereocenters. The molecule has 0 aromatic heterocycles. The van der Waals surface area contributed by atoms with Gasteiger partial charge in [-0.15, -0.1) is 11.8 Å². The minimum absolute atomic E-state index is 0.0886. The van der Waals surface area contributed by atoms with Crippen LogP contribution < -0.4 is 5.32 Å². The summed E-state index contributed by atoms with van der Waals surface area (Å²) in [5.74, 6) is 1.09. The maximum atomic E-state index is 10.8. The van der Waals surface area contributed by atoms with Crippen molar-refractivity contribution in [1.29, 1.82) is 0 Å². The van der Waals surface area contributed by atoms with Gasteiger partial charge in [0.1, 0.15) is 0 Å². The average Bonchev–Trinajstić information content (AvgIpc) is 2.65. The summed E-state index contributed by atoms with van der Waals surface area (Å²) < 4.78 is 10.8. The Morgan fingerprint density at radius 1 is 1.00 bits per heavy atom. The van der Waals surface area contributed by atoms with E-state index in [9.17, 15) is 4.57 Å². The molecule has 2 rings (SSSR count). The van der Waals surface area contributed by atoms with Gasteiger partial charge < -0.3 is 15.1 Å². The van der Waals surface area contributed by atoms with Gasteiger partial charge in [-0.05, 0) is 61.2 Å². The van der Waals surface area contributed by atoms with Crippen molar-refractivity contribution < 1.29 is 14.4 Å². The van der Waals surface area contributed by atoms with Gasteiger partial charge in [-0.1, -0.05) is 54.4 Å². The number of thioether (sulfide) groups is 1. The van der Waals surface area contributed by atoms with Crippen LogP contribution in [0.3, 0.4) is 0 Å². The molecule has 0 fully saturated rings. The summed E-state index contributed by atoms with van der Waals surface area (Å²) in [7, 11) is -3.90. The van der Waals surface area contributed by atoms with Crippen LogP contribution in [0.4, 0.5) is 0 Å². The van der Waals surface area contributed by atoms with Crippen LogP contribution in [0.15, 0.2) is 53.4 Å². The third kappa shape index (κ3) is 10.1. The van der Waals surface area contributed by atoms with Crippen LogP contribution in [0.2, 0.25) is 5.02 Å². The van der Waals surface area contributed by atoms with Gasteiger partial charge in [0.25, 0.3) is 0 Å². The quantitative estimate of drug-likeness (QED) is 0.217. The van der Waals surface area contributed by atoms with Crippen LogP contribution in [-0.4, -0.2) is 28.2 Å². The van der Waals surface area contributed by atoms with Crippen molar-refractivity contribution in [3.63, 3.8) is 0 Å². The summed E-state index contributed by atoms with van der Waals surface area (Å²) in [5, 5.41) is 3.91. The van der Waals surface area contributed by atoms with E-state index in [1.807, 2.05) is 23.9 Å². The Labute approximate surface area is 177 Å². The summed E-state index contributed by atoms with van der Waals surface area (Å²) in [5.41, 5.74) is 2.41. The van der Waals surface area contributed by atoms with E-state index in [1.54, 1.807) is 0 Å². The van der Waals surface area contributed by atoms with Crippen LogP contribution in [0, 0.1) is 0 Å². The molecule has 0 aliphatic heterocycles. The molecule has 2 aromatic carbocycles. The van der Waals surface area contributed by atoms with Gasteiger partial charge in [0.2, 0.25) is 0 Å². The van der Waals surface area contributed by atoms with Crippen LogP contribution >= 0.6 is 31.0 Å². The molecule has 0 aliphatic carbocycles. The lowest BCUT2D eigenvalue weighted by atomic mass is 10.1. The molecule has 0 spiro atoms. The number of hydrogen-bond donors (Lipinski definition) is 3. The molecule has 0 saturated carbocycles. The Morgan fingerprint density at radius 2 is 1.79 bits per heavy atom. The number of benzene rings is 2. The van der Waals surface area contributed by atoms with Gasteiger partial charge in [0.15, 0.2) is 0 Å². The monoisotopic (exact) mass is 441 g/mol. The Kier molecular flexibility index (Phi) is 10.6. The second-order valence-corrected chi connectivity index (χ2v) is 10.2. The van der Waals surface area contributed by atoms with Crippen molar-refractivity contribution in [3.8, 4) is 0 Å². The van der Waals surface area contributed by atoms with Crippen molar-refractivity contribution in [2.45, 2.75) is 43.5 Å². The molecule has 2 aromatic rings. The Balaban J connectivity index is 1.60. The first kappa shape index (κ1) is 23.5. The zero-order chi connectivity index (χ0) is 20.2. The molecule has 7 heteroatoms. The fourth-order valence-electron chi connectivity index (χ4n) is 2.84. The third-order valence-corrected chi connectivity index (χ3v) is 6.69. The fraction of sp³-hybridized carbons (Fsp3) is 0.429. The number of hydrogen-bond acceptors (Lipinski definition) is 3. The predicted octanol–water partition coefficient (Wildman–Crippen LogP) is 5.50. The van der Waals surface area contributed by atoms with Gasteiger partial charge in [-0.3, -0.25) is 4.57 Å². The molecule has 0 unspecified atom stereocenters. The minimum atomic E-state index is -3.90. The number of unbranched alkanes of at least 4 members (excludes halogenated alkanes) is 2. The maximum Gasteiger partial charge on any atom is 0.325 e. The minimum Gasteiger partial charge on any atom is -0.324 e. The van der Waals surface area contributed by atoms with E-state index in [4.69, 9.17) is 21.4 Å². The van der Waals surface area contributed by atoms with Gasteiger partial charge in [-0.2, -0.15) is 0 Å². The molecule has 154 valence electrons. The number of aryl methyl sites for hydroxylation is 1. The molecule has 0 saturated heterocycles. The summed E-state index contributed by atoms with van der Waals surface area (Å²) in [6, 6.07) is 16.7. The molecule has 0 heterocycles. The highest BCUT2D eigenvalue weighted by atomic mass is 35.5. The van der Waals surface area contributed by atoms with Crippen LogP contribution in [-0.2, 0) is 17.5 Å². The van der Waals surface area contributed by atoms with Gasteiger partial charge in [0, 0.05) is 16.5 Å². The van der Waals surface area contributed by atoms with Gasteiger partial charge in [0.05, 0.1) is 6.16 Å². The van der Waals surface area contributed by atoms with Crippen LogP contribution in [0.1, 0.15) is 36.8 Å². The second kappa shape index (κ2) is 12.7. The zero-order valence-corrected chi connectivity index (χ0v) is 18.5. The van der Waals surface area contributed by atoms with E-state index in [2.05, 4.69) is 41.7 Å². The van der Waals surface area contributed by atoms with Crippen LogP contribution in [0.25, 0.3) is 0 Å². The lowest BCUT2D eigenvalue weighted by Crippen LogP contribution is -2.16. The third-order valence-electron chi connectivity index (χ3n) is 4.36. The second-order valence-electron chi connectivity index (χ2n) is 6.82. The summed E-state index contributed by atoms with van der Waals surface area (Å²) in [6.45, 7) is 1.16. The molecular formula is C21H29ClNO3PS.